The first-order valence-corrected chi connectivity index (χ1v) is 8.31. The third kappa shape index (κ3) is 3.71. The van der Waals surface area contributed by atoms with Crippen molar-refractivity contribution >= 4 is 28.8 Å². The molecule has 0 radical (unpaired) electrons. The molecular weight excluding hydrogens is 280 g/mol. The van der Waals surface area contributed by atoms with Crippen molar-refractivity contribution in [2.75, 3.05) is 38.6 Å². The minimum Gasteiger partial charge on any atom is -0.337 e. The van der Waals surface area contributed by atoms with Gasteiger partial charge in [-0.05, 0) is 36.4 Å². The smallest absolute Gasteiger partial charge is 0.264 e. The maximum atomic E-state index is 12.5. The molecule has 1 aromatic heterocycles. The van der Waals surface area contributed by atoms with Crippen LogP contribution >= 0.6 is 22.9 Å². The number of rotatable bonds is 4. The number of halogens is 1. The second-order valence-corrected chi connectivity index (χ2v) is 6.10. The molecule has 1 saturated heterocycles. The Morgan fingerprint density at radius 3 is 2.95 bits per heavy atom. The monoisotopic (exact) mass is 300 g/mol. The lowest BCUT2D eigenvalue weighted by Gasteiger charge is -2.21. The number of amides is 1. The summed E-state index contributed by atoms with van der Waals surface area (Å²) < 4.78 is 0. The van der Waals surface area contributed by atoms with Gasteiger partial charge in [0, 0.05) is 32.1 Å². The molecule has 2 rings (SSSR count). The molecule has 106 valence electrons. The second-order valence-electron chi connectivity index (χ2n) is 4.80. The fourth-order valence-electron chi connectivity index (χ4n) is 2.46. The van der Waals surface area contributed by atoms with Crippen LogP contribution < -0.4 is 0 Å². The van der Waals surface area contributed by atoms with Crippen LogP contribution in [0.1, 0.15) is 28.6 Å². The molecule has 0 unspecified atom stereocenters. The van der Waals surface area contributed by atoms with E-state index in [4.69, 9.17) is 11.6 Å². The summed E-state index contributed by atoms with van der Waals surface area (Å²) in [4.78, 5) is 17.8. The van der Waals surface area contributed by atoms with Crippen LogP contribution in [0, 0.1) is 0 Å². The summed E-state index contributed by atoms with van der Waals surface area (Å²) in [6.45, 7) is 6.68. The quantitative estimate of drug-likeness (QED) is 0.798. The molecule has 0 saturated carbocycles. The van der Waals surface area contributed by atoms with E-state index in [2.05, 4.69) is 17.9 Å². The summed E-state index contributed by atoms with van der Waals surface area (Å²) in [7, 11) is 0. The summed E-state index contributed by atoms with van der Waals surface area (Å²) in [5.74, 6) is 0.873. The molecule has 1 aromatic rings. The van der Waals surface area contributed by atoms with Gasteiger partial charge in [-0.3, -0.25) is 4.79 Å². The van der Waals surface area contributed by atoms with Gasteiger partial charge in [-0.1, -0.05) is 6.92 Å². The van der Waals surface area contributed by atoms with E-state index in [-0.39, 0.29) is 5.91 Å². The summed E-state index contributed by atoms with van der Waals surface area (Å²) in [6.07, 6.45) is 1.96. The van der Waals surface area contributed by atoms with Gasteiger partial charge in [0.05, 0.1) is 4.88 Å². The van der Waals surface area contributed by atoms with Gasteiger partial charge >= 0.3 is 0 Å². The van der Waals surface area contributed by atoms with Gasteiger partial charge in [0.25, 0.3) is 5.91 Å². The molecule has 0 spiro atoms. The molecular formula is C14H21ClN2OS. The minimum absolute atomic E-state index is 0.208. The summed E-state index contributed by atoms with van der Waals surface area (Å²) in [5.41, 5.74) is 1.18. The van der Waals surface area contributed by atoms with Crippen molar-refractivity contribution in [2.45, 2.75) is 19.8 Å². The lowest BCUT2D eigenvalue weighted by Crippen LogP contribution is -2.35. The number of hydrogen-bond acceptors (Lipinski definition) is 3. The summed E-state index contributed by atoms with van der Waals surface area (Å²) >= 11 is 7.36. The predicted molar refractivity (Wildman–Crippen MR) is 81.4 cm³/mol. The van der Waals surface area contributed by atoms with E-state index in [9.17, 15) is 4.79 Å². The number of thiophene rings is 1. The molecule has 2 heterocycles. The fourth-order valence-corrected chi connectivity index (χ4v) is 3.66. The highest BCUT2D eigenvalue weighted by molar-refractivity contribution is 7.12. The van der Waals surface area contributed by atoms with Crippen LogP contribution in [-0.2, 0) is 6.42 Å². The Kier molecular flexibility index (Phi) is 5.67. The van der Waals surface area contributed by atoms with Crippen molar-refractivity contribution in [3.63, 3.8) is 0 Å². The van der Waals surface area contributed by atoms with Gasteiger partial charge in [-0.2, -0.15) is 0 Å². The number of alkyl halides is 1. The average Bonchev–Trinajstić information content (AvgIpc) is 2.78. The Morgan fingerprint density at radius 1 is 1.37 bits per heavy atom. The zero-order chi connectivity index (χ0) is 13.7. The highest BCUT2D eigenvalue weighted by atomic mass is 35.5. The second kappa shape index (κ2) is 7.27. The number of nitrogens with zero attached hydrogens (tertiary/aromatic N) is 2. The lowest BCUT2D eigenvalue weighted by atomic mass is 10.2. The molecule has 3 nitrogen and oxygen atoms in total. The van der Waals surface area contributed by atoms with Gasteiger partial charge in [0.15, 0.2) is 0 Å². The fraction of sp³-hybridized carbons (Fsp3) is 0.643. The van der Waals surface area contributed by atoms with Crippen LogP contribution in [0.5, 0.6) is 0 Å². The van der Waals surface area contributed by atoms with Crippen molar-refractivity contribution in [3.05, 3.63) is 21.9 Å². The maximum absolute atomic E-state index is 12.5. The number of hydrogen-bond donors (Lipinski definition) is 0. The van der Waals surface area contributed by atoms with Crippen molar-refractivity contribution in [3.8, 4) is 0 Å². The van der Waals surface area contributed by atoms with Crippen LogP contribution in [0.15, 0.2) is 11.4 Å². The molecule has 1 amide bonds. The van der Waals surface area contributed by atoms with E-state index in [1.54, 1.807) is 11.3 Å². The molecule has 1 aliphatic heterocycles. The Labute approximate surface area is 124 Å². The molecule has 0 atom stereocenters. The first-order chi connectivity index (χ1) is 9.26. The van der Waals surface area contributed by atoms with E-state index in [0.717, 1.165) is 50.4 Å². The molecule has 0 aromatic carbocycles. The van der Waals surface area contributed by atoms with Gasteiger partial charge in [0.1, 0.15) is 0 Å². The molecule has 0 aliphatic carbocycles. The zero-order valence-electron chi connectivity index (χ0n) is 11.4. The van der Waals surface area contributed by atoms with Crippen LogP contribution in [0.4, 0.5) is 0 Å². The minimum atomic E-state index is 0.208. The third-order valence-electron chi connectivity index (χ3n) is 3.60. The van der Waals surface area contributed by atoms with E-state index < -0.39 is 0 Å². The first kappa shape index (κ1) is 14.8. The van der Waals surface area contributed by atoms with Crippen LogP contribution in [0.2, 0.25) is 0 Å². The lowest BCUT2D eigenvalue weighted by molar-refractivity contribution is 0.0765. The molecule has 5 heteroatoms. The van der Waals surface area contributed by atoms with E-state index in [1.165, 1.54) is 5.56 Å². The highest BCUT2D eigenvalue weighted by Gasteiger charge is 2.22. The molecule has 0 bridgehead atoms. The largest absolute Gasteiger partial charge is 0.337 e. The van der Waals surface area contributed by atoms with Crippen molar-refractivity contribution in [1.29, 1.82) is 0 Å². The number of carbonyl (C=O) groups is 1. The summed E-state index contributed by atoms with van der Waals surface area (Å²) in [5, 5.41) is 2.02. The van der Waals surface area contributed by atoms with E-state index in [1.807, 2.05) is 10.3 Å². The van der Waals surface area contributed by atoms with Crippen molar-refractivity contribution in [2.24, 2.45) is 0 Å². The zero-order valence-corrected chi connectivity index (χ0v) is 13.0. The molecule has 1 aliphatic rings. The molecule has 19 heavy (non-hydrogen) atoms. The topological polar surface area (TPSA) is 23.6 Å². The SMILES string of the molecule is CCc1ccsc1C(=O)N1CCCN(CCCl)CC1. The Hall–Kier alpha value is -0.580. The van der Waals surface area contributed by atoms with Crippen LogP contribution in [0.25, 0.3) is 0 Å². The van der Waals surface area contributed by atoms with Crippen LogP contribution in [-0.4, -0.2) is 54.3 Å². The summed E-state index contributed by atoms with van der Waals surface area (Å²) in [6, 6.07) is 2.07. The predicted octanol–water partition coefficient (Wildman–Crippen LogP) is 2.70. The van der Waals surface area contributed by atoms with Gasteiger partial charge in [-0.15, -0.1) is 22.9 Å². The third-order valence-corrected chi connectivity index (χ3v) is 4.71. The van der Waals surface area contributed by atoms with Gasteiger partial charge in [-0.25, -0.2) is 0 Å². The van der Waals surface area contributed by atoms with Crippen LogP contribution in [0.3, 0.4) is 0 Å². The Bertz CT molecular complexity index is 421. The standard InChI is InChI=1S/C14H21ClN2OS/c1-2-12-4-11-19-13(12)14(18)17-7-3-6-16(8-5-15)9-10-17/h4,11H,2-3,5-10H2,1H3. The molecule has 0 N–H and O–H groups in total. The number of carbonyl (C=O) groups excluding carboxylic acids is 1. The van der Waals surface area contributed by atoms with E-state index >= 15 is 0 Å². The Balaban J connectivity index is 2.00. The molecule has 1 fully saturated rings. The Morgan fingerprint density at radius 2 is 2.21 bits per heavy atom. The average molecular weight is 301 g/mol. The van der Waals surface area contributed by atoms with E-state index in [0.29, 0.717) is 5.88 Å². The van der Waals surface area contributed by atoms with Gasteiger partial charge < -0.3 is 9.80 Å². The van der Waals surface area contributed by atoms with Crippen molar-refractivity contribution < 1.29 is 4.79 Å². The first-order valence-electron chi connectivity index (χ1n) is 6.90. The number of aryl methyl sites for hydroxylation is 1. The maximum Gasteiger partial charge on any atom is 0.264 e. The van der Waals surface area contributed by atoms with Gasteiger partial charge in [0.2, 0.25) is 0 Å². The normalized spacial score (nSPS) is 17.5. The van der Waals surface area contributed by atoms with Crippen molar-refractivity contribution in [1.82, 2.24) is 9.80 Å². The highest BCUT2D eigenvalue weighted by Crippen LogP contribution is 2.20.